The summed E-state index contributed by atoms with van der Waals surface area (Å²) >= 11 is 0. The first-order valence-electron chi connectivity index (χ1n) is 8.21. The molecule has 2 nitrogen and oxygen atoms in total. The Kier molecular flexibility index (Phi) is 5.90. The minimum Gasteiger partial charge on any atom is -0.494 e. The van der Waals surface area contributed by atoms with Crippen molar-refractivity contribution in [1.82, 2.24) is 5.32 Å². The minimum atomic E-state index is 0.422. The van der Waals surface area contributed by atoms with Gasteiger partial charge in [0.05, 0.1) is 6.61 Å². The second kappa shape index (κ2) is 7.68. The van der Waals surface area contributed by atoms with Gasteiger partial charge in [-0.05, 0) is 50.3 Å². The molecular formula is C18H29NO. The highest BCUT2D eigenvalue weighted by Crippen LogP contribution is 2.28. The van der Waals surface area contributed by atoms with E-state index in [1.165, 1.54) is 37.7 Å². The molecule has 0 spiro atoms. The molecule has 1 aliphatic rings. The second-order valence-electron chi connectivity index (χ2n) is 6.03. The Balaban J connectivity index is 1.88. The smallest absolute Gasteiger partial charge is 0.119 e. The van der Waals surface area contributed by atoms with E-state index in [4.69, 9.17) is 4.74 Å². The van der Waals surface area contributed by atoms with Crippen LogP contribution in [0.25, 0.3) is 0 Å². The zero-order valence-electron chi connectivity index (χ0n) is 13.2. The van der Waals surface area contributed by atoms with Crippen LogP contribution in [0.4, 0.5) is 0 Å². The van der Waals surface area contributed by atoms with Crippen LogP contribution < -0.4 is 10.1 Å². The first kappa shape index (κ1) is 15.4. The molecule has 20 heavy (non-hydrogen) atoms. The van der Waals surface area contributed by atoms with Crippen LogP contribution in [0, 0.1) is 5.92 Å². The van der Waals surface area contributed by atoms with Gasteiger partial charge < -0.3 is 10.1 Å². The van der Waals surface area contributed by atoms with Gasteiger partial charge >= 0.3 is 0 Å². The van der Waals surface area contributed by atoms with Crippen LogP contribution in [0.5, 0.6) is 5.75 Å². The molecule has 0 saturated heterocycles. The molecule has 2 rings (SSSR count). The van der Waals surface area contributed by atoms with Crippen LogP contribution in [-0.2, 0) is 0 Å². The fraction of sp³-hybridized carbons (Fsp3) is 0.667. The summed E-state index contributed by atoms with van der Waals surface area (Å²) in [6.07, 6.45) is 6.81. The van der Waals surface area contributed by atoms with Crippen molar-refractivity contribution in [3.63, 3.8) is 0 Å². The largest absolute Gasteiger partial charge is 0.494 e. The van der Waals surface area contributed by atoms with E-state index in [-0.39, 0.29) is 0 Å². The number of ether oxygens (including phenoxy) is 1. The Hall–Kier alpha value is -1.02. The Morgan fingerprint density at radius 1 is 1.20 bits per heavy atom. The summed E-state index contributed by atoms with van der Waals surface area (Å²) in [4.78, 5) is 0. The molecule has 0 heterocycles. The Morgan fingerprint density at radius 3 is 2.60 bits per heavy atom. The van der Waals surface area contributed by atoms with E-state index in [1.54, 1.807) is 0 Å². The fourth-order valence-corrected chi connectivity index (χ4v) is 3.28. The van der Waals surface area contributed by atoms with Gasteiger partial charge in [0.25, 0.3) is 0 Å². The molecule has 1 N–H and O–H groups in total. The Labute approximate surface area is 123 Å². The molecule has 112 valence electrons. The van der Waals surface area contributed by atoms with Gasteiger partial charge in [0.1, 0.15) is 5.75 Å². The van der Waals surface area contributed by atoms with Gasteiger partial charge in [0.2, 0.25) is 0 Å². The Bertz CT molecular complexity index is 387. The normalized spacial score (nSPS) is 24.4. The third kappa shape index (κ3) is 4.24. The van der Waals surface area contributed by atoms with Gasteiger partial charge in [-0.15, -0.1) is 0 Å². The van der Waals surface area contributed by atoms with Gasteiger partial charge in [-0.2, -0.15) is 0 Å². The summed E-state index contributed by atoms with van der Waals surface area (Å²) in [5.74, 6) is 1.89. The molecule has 1 saturated carbocycles. The lowest BCUT2D eigenvalue weighted by Gasteiger charge is -2.31. The average molecular weight is 275 g/mol. The van der Waals surface area contributed by atoms with Gasteiger partial charge in [-0.1, -0.05) is 38.3 Å². The molecule has 2 heteroatoms. The maximum atomic E-state index is 5.50. The fourth-order valence-electron chi connectivity index (χ4n) is 3.28. The van der Waals surface area contributed by atoms with E-state index in [0.717, 1.165) is 18.3 Å². The van der Waals surface area contributed by atoms with E-state index in [1.807, 2.05) is 6.92 Å². The van der Waals surface area contributed by atoms with Crippen molar-refractivity contribution in [2.75, 3.05) is 6.61 Å². The summed E-state index contributed by atoms with van der Waals surface area (Å²) in [5, 5.41) is 3.81. The van der Waals surface area contributed by atoms with Gasteiger partial charge in [0.15, 0.2) is 0 Å². The molecule has 0 aliphatic heterocycles. The van der Waals surface area contributed by atoms with Crippen LogP contribution in [-0.4, -0.2) is 12.6 Å². The van der Waals surface area contributed by atoms with Crippen LogP contribution >= 0.6 is 0 Å². The lowest BCUT2D eigenvalue weighted by molar-refractivity contribution is 0.266. The monoisotopic (exact) mass is 275 g/mol. The number of rotatable bonds is 6. The van der Waals surface area contributed by atoms with Gasteiger partial charge in [-0.25, -0.2) is 0 Å². The third-order valence-corrected chi connectivity index (χ3v) is 4.54. The molecule has 0 amide bonds. The SMILES string of the molecule is CCOc1ccc(C(C)NC2CCCC(CC)C2)cc1. The molecule has 0 bridgehead atoms. The van der Waals surface area contributed by atoms with Crippen molar-refractivity contribution >= 4 is 0 Å². The first-order valence-corrected chi connectivity index (χ1v) is 8.21. The first-order chi connectivity index (χ1) is 9.72. The van der Waals surface area contributed by atoms with Crippen molar-refractivity contribution in [3.8, 4) is 5.75 Å². The van der Waals surface area contributed by atoms with Crippen LogP contribution in [0.3, 0.4) is 0 Å². The molecule has 3 unspecified atom stereocenters. The second-order valence-corrected chi connectivity index (χ2v) is 6.03. The van der Waals surface area contributed by atoms with E-state index >= 15 is 0 Å². The molecule has 0 radical (unpaired) electrons. The van der Waals surface area contributed by atoms with Crippen LogP contribution in [0.1, 0.15) is 64.5 Å². The van der Waals surface area contributed by atoms with Crippen molar-refractivity contribution in [2.45, 2.75) is 65.0 Å². The summed E-state index contributed by atoms with van der Waals surface area (Å²) < 4.78 is 5.50. The molecule has 1 aliphatic carbocycles. The molecule has 1 fully saturated rings. The highest BCUT2D eigenvalue weighted by atomic mass is 16.5. The molecule has 3 atom stereocenters. The lowest BCUT2D eigenvalue weighted by atomic mass is 9.84. The average Bonchev–Trinajstić information content (AvgIpc) is 2.48. The lowest BCUT2D eigenvalue weighted by Crippen LogP contribution is -2.35. The van der Waals surface area contributed by atoms with Gasteiger partial charge in [0, 0.05) is 12.1 Å². The van der Waals surface area contributed by atoms with Crippen LogP contribution in [0.2, 0.25) is 0 Å². The summed E-state index contributed by atoms with van der Waals surface area (Å²) in [6, 6.07) is 9.63. The number of hydrogen-bond acceptors (Lipinski definition) is 2. The zero-order valence-corrected chi connectivity index (χ0v) is 13.2. The van der Waals surface area contributed by atoms with Crippen molar-refractivity contribution < 1.29 is 4.74 Å². The quantitative estimate of drug-likeness (QED) is 0.812. The van der Waals surface area contributed by atoms with Crippen molar-refractivity contribution in [3.05, 3.63) is 29.8 Å². The minimum absolute atomic E-state index is 0.422. The number of hydrogen-bond donors (Lipinski definition) is 1. The van der Waals surface area contributed by atoms with Gasteiger partial charge in [-0.3, -0.25) is 0 Å². The molecular weight excluding hydrogens is 246 g/mol. The Morgan fingerprint density at radius 2 is 1.95 bits per heavy atom. The zero-order chi connectivity index (χ0) is 14.4. The van der Waals surface area contributed by atoms with Crippen LogP contribution in [0.15, 0.2) is 24.3 Å². The summed E-state index contributed by atoms with van der Waals surface area (Å²) in [5.41, 5.74) is 1.35. The number of benzene rings is 1. The highest BCUT2D eigenvalue weighted by Gasteiger charge is 2.22. The third-order valence-electron chi connectivity index (χ3n) is 4.54. The van der Waals surface area contributed by atoms with E-state index in [2.05, 4.69) is 43.4 Å². The topological polar surface area (TPSA) is 21.3 Å². The van der Waals surface area contributed by atoms with E-state index < -0.39 is 0 Å². The molecule has 1 aromatic rings. The van der Waals surface area contributed by atoms with Crippen molar-refractivity contribution in [2.24, 2.45) is 5.92 Å². The summed E-state index contributed by atoms with van der Waals surface area (Å²) in [7, 11) is 0. The predicted octanol–water partition coefficient (Wildman–Crippen LogP) is 4.70. The summed E-state index contributed by atoms with van der Waals surface area (Å²) in [6.45, 7) is 7.34. The van der Waals surface area contributed by atoms with E-state index in [0.29, 0.717) is 12.1 Å². The highest BCUT2D eigenvalue weighted by molar-refractivity contribution is 5.29. The van der Waals surface area contributed by atoms with Crippen molar-refractivity contribution in [1.29, 1.82) is 0 Å². The van der Waals surface area contributed by atoms with E-state index in [9.17, 15) is 0 Å². The number of nitrogens with one attached hydrogen (secondary N) is 1. The predicted molar refractivity (Wildman–Crippen MR) is 85.2 cm³/mol. The maximum Gasteiger partial charge on any atom is 0.119 e. The molecule has 0 aromatic heterocycles. The maximum absolute atomic E-state index is 5.50. The standard InChI is InChI=1S/C18H29NO/c1-4-15-7-6-8-17(13-15)19-14(3)16-9-11-18(12-10-16)20-5-2/h9-12,14-15,17,19H,4-8,13H2,1-3H3. The molecule has 1 aromatic carbocycles.